The Morgan fingerprint density at radius 2 is 2.04 bits per heavy atom. The van der Waals surface area contributed by atoms with E-state index in [1.54, 1.807) is 6.26 Å². The van der Waals surface area contributed by atoms with Crippen LogP contribution in [0.4, 0.5) is 5.95 Å². The molecule has 0 N–H and O–H groups in total. The van der Waals surface area contributed by atoms with Crippen LogP contribution in [0.15, 0.2) is 16.9 Å². The topological polar surface area (TPSA) is 69.2 Å². The van der Waals surface area contributed by atoms with Crippen LogP contribution in [-0.2, 0) is 11.3 Å². The first-order valence-corrected chi connectivity index (χ1v) is 8.98. The first-order chi connectivity index (χ1) is 11.8. The lowest BCUT2D eigenvalue weighted by atomic mass is 9.94. The van der Waals surface area contributed by atoms with Gasteiger partial charge in [0.2, 0.25) is 5.95 Å². The lowest BCUT2D eigenvalue weighted by Gasteiger charge is -2.32. The Morgan fingerprint density at radius 1 is 1.25 bits per heavy atom. The highest BCUT2D eigenvalue weighted by molar-refractivity contribution is 5.33. The van der Waals surface area contributed by atoms with E-state index >= 15 is 0 Å². The third-order valence-electron chi connectivity index (χ3n) is 4.76. The molecule has 3 rings (SSSR count). The summed E-state index contributed by atoms with van der Waals surface area (Å²) >= 11 is 0. The van der Waals surface area contributed by atoms with E-state index in [-0.39, 0.29) is 6.10 Å². The van der Waals surface area contributed by atoms with Gasteiger partial charge in [-0.05, 0) is 33.1 Å². The van der Waals surface area contributed by atoms with Crippen LogP contribution in [0.3, 0.4) is 0 Å². The maximum absolute atomic E-state index is 5.83. The van der Waals surface area contributed by atoms with E-state index < -0.39 is 0 Å². The number of rotatable bonds is 7. The molecule has 0 aromatic carbocycles. The van der Waals surface area contributed by atoms with E-state index in [1.807, 2.05) is 13.0 Å². The summed E-state index contributed by atoms with van der Waals surface area (Å²) in [7, 11) is 0. The van der Waals surface area contributed by atoms with E-state index in [2.05, 4.69) is 38.7 Å². The summed E-state index contributed by atoms with van der Waals surface area (Å²) in [5, 5.41) is 13.0. The number of ether oxygens (including phenoxy) is 1. The van der Waals surface area contributed by atoms with Gasteiger partial charge in [-0.2, -0.15) is 0 Å². The molecule has 0 amide bonds. The van der Waals surface area contributed by atoms with E-state index in [0.717, 1.165) is 56.4 Å². The maximum atomic E-state index is 5.83. The molecule has 1 atom stereocenters. The summed E-state index contributed by atoms with van der Waals surface area (Å²) in [6, 6.07) is 1.97. The van der Waals surface area contributed by atoms with Crippen molar-refractivity contribution in [3.8, 4) is 0 Å². The molecular formula is C17H27N5O2. The van der Waals surface area contributed by atoms with E-state index in [0.29, 0.717) is 12.5 Å². The van der Waals surface area contributed by atoms with E-state index in [1.165, 1.54) is 0 Å². The Balaban J connectivity index is 1.72. The van der Waals surface area contributed by atoms with Crippen LogP contribution in [-0.4, -0.2) is 39.6 Å². The average Bonchev–Trinajstić information content (AvgIpc) is 3.29. The summed E-state index contributed by atoms with van der Waals surface area (Å²) in [5.74, 6) is 2.38. The van der Waals surface area contributed by atoms with Crippen LogP contribution in [0.25, 0.3) is 0 Å². The normalized spacial score (nSPS) is 17.4. The van der Waals surface area contributed by atoms with Crippen molar-refractivity contribution >= 4 is 5.95 Å². The Hall–Kier alpha value is -1.89. The number of hydrogen-bond donors (Lipinski definition) is 0. The van der Waals surface area contributed by atoms with Crippen LogP contribution >= 0.6 is 0 Å². The zero-order valence-corrected chi connectivity index (χ0v) is 14.8. The van der Waals surface area contributed by atoms with Crippen molar-refractivity contribution < 1.29 is 9.26 Å². The molecule has 0 spiro atoms. The zero-order chi connectivity index (χ0) is 16.9. The van der Waals surface area contributed by atoms with Gasteiger partial charge in [0.25, 0.3) is 0 Å². The van der Waals surface area contributed by atoms with Crippen LogP contribution in [0.2, 0.25) is 0 Å². The smallest absolute Gasteiger partial charge is 0.227 e. The van der Waals surface area contributed by atoms with E-state index in [9.17, 15) is 0 Å². The van der Waals surface area contributed by atoms with Gasteiger partial charge in [0, 0.05) is 38.2 Å². The molecule has 24 heavy (non-hydrogen) atoms. The van der Waals surface area contributed by atoms with Crippen molar-refractivity contribution in [1.29, 1.82) is 0 Å². The van der Waals surface area contributed by atoms with Crippen LogP contribution < -0.4 is 4.90 Å². The summed E-state index contributed by atoms with van der Waals surface area (Å²) in [4.78, 5) is 2.33. The molecule has 1 fully saturated rings. The fourth-order valence-corrected chi connectivity index (χ4v) is 3.47. The number of nitrogens with zero attached hydrogens (tertiary/aromatic N) is 5. The van der Waals surface area contributed by atoms with Crippen LogP contribution in [0.5, 0.6) is 0 Å². The molecule has 2 aromatic rings. The monoisotopic (exact) mass is 333 g/mol. The highest BCUT2D eigenvalue weighted by Crippen LogP contribution is 2.30. The highest BCUT2D eigenvalue weighted by atomic mass is 16.5. The summed E-state index contributed by atoms with van der Waals surface area (Å²) in [6.45, 7) is 9.74. The minimum Gasteiger partial charge on any atom is -0.371 e. The second-order valence-corrected chi connectivity index (χ2v) is 6.14. The predicted molar refractivity (Wildman–Crippen MR) is 91.0 cm³/mol. The number of hydrogen-bond acceptors (Lipinski definition) is 6. The molecule has 132 valence electrons. The van der Waals surface area contributed by atoms with Gasteiger partial charge in [-0.25, -0.2) is 0 Å². The lowest BCUT2D eigenvalue weighted by Crippen LogP contribution is -2.35. The molecule has 0 saturated carbocycles. The minimum atomic E-state index is 0.0175. The molecule has 1 saturated heterocycles. The molecule has 3 heterocycles. The fraction of sp³-hybridized carbons (Fsp3) is 0.706. The average molecular weight is 333 g/mol. The Kier molecular flexibility index (Phi) is 5.50. The number of anilines is 1. The Labute approximate surface area is 143 Å². The van der Waals surface area contributed by atoms with Gasteiger partial charge in [0.1, 0.15) is 12.4 Å². The van der Waals surface area contributed by atoms with Gasteiger partial charge in [-0.15, -0.1) is 10.2 Å². The van der Waals surface area contributed by atoms with Crippen molar-refractivity contribution in [3.05, 3.63) is 23.8 Å². The molecule has 1 aliphatic heterocycles. The lowest BCUT2D eigenvalue weighted by molar-refractivity contribution is 0.0508. The van der Waals surface area contributed by atoms with Gasteiger partial charge in [0.05, 0.1) is 5.69 Å². The molecule has 0 bridgehead atoms. The molecular weight excluding hydrogens is 306 g/mol. The van der Waals surface area contributed by atoms with Crippen molar-refractivity contribution in [1.82, 2.24) is 19.9 Å². The van der Waals surface area contributed by atoms with Gasteiger partial charge < -0.3 is 14.2 Å². The fourth-order valence-electron chi connectivity index (χ4n) is 3.47. The van der Waals surface area contributed by atoms with Gasteiger partial charge >= 0.3 is 0 Å². The van der Waals surface area contributed by atoms with Crippen LogP contribution in [0.1, 0.15) is 63.6 Å². The zero-order valence-electron chi connectivity index (χ0n) is 14.8. The summed E-state index contributed by atoms with van der Waals surface area (Å²) in [5.41, 5.74) is 1.06. The van der Waals surface area contributed by atoms with Crippen molar-refractivity contribution in [3.63, 3.8) is 0 Å². The third-order valence-corrected chi connectivity index (χ3v) is 4.76. The Bertz CT molecular complexity index is 617. The van der Waals surface area contributed by atoms with Gasteiger partial charge in [-0.1, -0.05) is 12.1 Å². The summed E-state index contributed by atoms with van der Waals surface area (Å²) < 4.78 is 13.0. The van der Waals surface area contributed by atoms with Crippen molar-refractivity contribution in [2.45, 2.75) is 58.6 Å². The third kappa shape index (κ3) is 3.31. The number of piperidine rings is 1. The van der Waals surface area contributed by atoms with Crippen LogP contribution in [0, 0.1) is 0 Å². The SMILES string of the molecule is CCOC(CC)c1nnc(N2CCC(c3ccon3)CC2)n1CC. The quantitative estimate of drug-likeness (QED) is 0.775. The second kappa shape index (κ2) is 7.79. The van der Waals surface area contributed by atoms with E-state index in [4.69, 9.17) is 9.26 Å². The van der Waals surface area contributed by atoms with Crippen molar-refractivity contribution in [2.24, 2.45) is 0 Å². The first-order valence-electron chi connectivity index (χ1n) is 8.98. The second-order valence-electron chi connectivity index (χ2n) is 6.14. The molecule has 1 unspecified atom stereocenters. The van der Waals surface area contributed by atoms with Gasteiger partial charge in [-0.3, -0.25) is 4.57 Å². The molecule has 7 heteroatoms. The first kappa shape index (κ1) is 17.0. The maximum Gasteiger partial charge on any atom is 0.227 e. The van der Waals surface area contributed by atoms with Crippen molar-refractivity contribution in [2.75, 3.05) is 24.6 Å². The number of aromatic nitrogens is 4. The largest absolute Gasteiger partial charge is 0.371 e. The standard InChI is InChI=1S/C17H27N5O2/c1-4-15(23-6-3)16-18-19-17(22(16)5-2)21-10-7-13(8-11-21)14-9-12-24-20-14/h9,12-13,15H,4-8,10-11H2,1-3H3. The highest BCUT2D eigenvalue weighted by Gasteiger charge is 2.27. The summed E-state index contributed by atoms with van der Waals surface area (Å²) in [6.07, 6.45) is 4.69. The molecule has 1 aliphatic rings. The molecule has 2 aromatic heterocycles. The molecule has 0 aliphatic carbocycles. The molecule has 7 nitrogen and oxygen atoms in total. The minimum absolute atomic E-state index is 0.0175. The Morgan fingerprint density at radius 3 is 2.62 bits per heavy atom. The predicted octanol–water partition coefficient (Wildman–Crippen LogP) is 3.16. The molecule has 0 radical (unpaired) electrons. The van der Waals surface area contributed by atoms with Gasteiger partial charge in [0.15, 0.2) is 5.82 Å².